The first-order valence-corrected chi connectivity index (χ1v) is 5.26. The van der Waals surface area contributed by atoms with Gasteiger partial charge in [-0.1, -0.05) is 30.3 Å². The van der Waals surface area contributed by atoms with E-state index in [0.717, 1.165) is 12.0 Å². The highest BCUT2D eigenvalue weighted by molar-refractivity contribution is 5.77. The Kier molecular flexibility index (Phi) is 5.74. The van der Waals surface area contributed by atoms with Crippen molar-refractivity contribution in [3.63, 3.8) is 0 Å². The molecule has 1 rings (SSSR count). The first-order chi connectivity index (χ1) is 8.18. The minimum absolute atomic E-state index is 0.261. The molecule has 1 aromatic carbocycles. The van der Waals surface area contributed by atoms with Crippen molar-refractivity contribution >= 4 is 11.9 Å². The number of carbonyl (C=O) groups is 2. The van der Waals surface area contributed by atoms with Gasteiger partial charge in [-0.05, 0) is 12.0 Å². The van der Waals surface area contributed by atoms with Crippen LogP contribution in [0.15, 0.2) is 30.3 Å². The zero-order valence-electron chi connectivity index (χ0n) is 9.35. The summed E-state index contributed by atoms with van der Waals surface area (Å²) in [6.07, 6.45) is 0.729. The van der Waals surface area contributed by atoms with Crippen LogP contribution in [-0.4, -0.2) is 31.6 Å². The average Bonchev–Trinajstić information content (AvgIpc) is 2.30. The largest absolute Gasteiger partial charge is 0.548 e. The third kappa shape index (κ3) is 6.32. The van der Waals surface area contributed by atoms with E-state index in [1.54, 1.807) is 0 Å². The van der Waals surface area contributed by atoms with Crippen LogP contribution in [0.25, 0.3) is 0 Å². The van der Waals surface area contributed by atoms with Crippen molar-refractivity contribution in [3.05, 3.63) is 35.9 Å². The van der Waals surface area contributed by atoms with Crippen LogP contribution in [0.3, 0.4) is 0 Å². The van der Waals surface area contributed by atoms with Crippen LogP contribution in [0.1, 0.15) is 5.56 Å². The molecule has 1 aromatic rings. The number of rotatable bonds is 7. The Balaban J connectivity index is 2.10. The highest BCUT2D eigenvalue weighted by atomic mass is 16.5. The van der Waals surface area contributed by atoms with E-state index in [4.69, 9.17) is 0 Å². The van der Waals surface area contributed by atoms with E-state index < -0.39 is 12.6 Å². The summed E-state index contributed by atoms with van der Waals surface area (Å²) in [6, 6.07) is 9.73. The number of carbonyl (C=O) groups excluding carboxylic acids is 2. The molecule has 0 aliphatic rings. The SMILES string of the molecule is O=C([O-])COCC(=O)NCCc1ccccc1. The smallest absolute Gasteiger partial charge is 0.246 e. The highest BCUT2D eigenvalue weighted by Gasteiger charge is 2.00. The van der Waals surface area contributed by atoms with E-state index in [1.165, 1.54) is 0 Å². The standard InChI is InChI=1S/C12H15NO4/c14-11(8-17-9-12(15)16)13-7-6-10-4-2-1-3-5-10/h1-5H,6-9H2,(H,13,14)(H,15,16)/p-1. The van der Waals surface area contributed by atoms with Gasteiger partial charge in [0.25, 0.3) is 0 Å². The molecule has 92 valence electrons. The number of carboxylic acid groups (broad SMARTS) is 1. The lowest BCUT2D eigenvalue weighted by atomic mass is 10.1. The quantitative estimate of drug-likeness (QED) is 0.666. The molecule has 0 unspecified atom stereocenters. The Morgan fingerprint density at radius 1 is 1.18 bits per heavy atom. The van der Waals surface area contributed by atoms with Gasteiger partial charge < -0.3 is 20.0 Å². The summed E-state index contributed by atoms with van der Waals surface area (Å²) in [5.41, 5.74) is 1.13. The number of aliphatic carboxylic acids is 1. The van der Waals surface area contributed by atoms with Crippen molar-refractivity contribution in [3.8, 4) is 0 Å². The maximum atomic E-state index is 11.2. The number of benzene rings is 1. The number of ether oxygens (including phenoxy) is 1. The Bertz CT molecular complexity index is 364. The van der Waals surface area contributed by atoms with Gasteiger partial charge in [-0.2, -0.15) is 0 Å². The molecule has 0 aliphatic heterocycles. The molecule has 0 saturated heterocycles. The number of nitrogens with one attached hydrogen (secondary N) is 1. The molecular weight excluding hydrogens is 222 g/mol. The normalized spacial score (nSPS) is 9.88. The van der Waals surface area contributed by atoms with Crippen LogP contribution in [0, 0.1) is 0 Å². The predicted octanol–water partition coefficient (Wildman–Crippen LogP) is -0.888. The fourth-order valence-corrected chi connectivity index (χ4v) is 1.27. The molecule has 0 aliphatic carbocycles. The monoisotopic (exact) mass is 236 g/mol. The fraction of sp³-hybridized carbons (Fsp3) is 0.333. The third-order valence-electron chi connectivity index (χ3n) is 2.03. The molecule has 0 heterocycles. The first kappa shape index (κ1) is 13.2. The van der Waals surface area contributed by atoms with E-state index in [-0.39, 0.29) is 12.5 Å². The Labute approximate surface area is 99.4 Å². The molecule has 0 atom stereocenters. The van der Waals surface area contributed by atoms with E-state index in [2.05, 4.69) is 10.1 Å². The van der Waals surface area contributed by atoms with Gasteiger partial charge in [-0.15, -0.1) is 0 Å². The molecular formula is C12H14NO4-. The molecule has 1 amide bonds. The first-order valence-electron chi connectivity index (χ1n) is 5.26. The molecule has 0 saturated carbocycles. The summed E-state index contributed by atoms with van der Waals surface area (Å²) in [5, 5.41) is 12.6. The number of carboxylic acids is 1. The summed E-state index contributed by atoms with van der Waals surface area (Å²) in [7, 11) is 0. The second kappa shape index (κ2) is 7.40. The zero-order chi connectivity index (χ0) is 12.5. The molecule has 17 heavy (non-hydrogen) atoms. The predicted molar refractivity (Wildman–Crippen MR) is 59.0 cm³/mol. The summed E-state index contributed by atoms with van der Waals surface area (Å²) >= 11 is 0. The molecule has 0 bridgehead atoms. The van der Waals surface area contributed by atoms with Crippen LogP contribution in [0.5, 0.6) is 0 Å². The number of amides is 1. The van der Waals surface area contributed by atoms with Gasteiger partial charge in [0.15, 0.2) is 0 Å². The Hall–Kier alpha value is -1.88. The van der Waals surface area contributed by atoms with E-state index in [1.807, 2.05) is 30.3 Å². The summed E-state index contributed by atoms with van der Waals surface area (Å²) in [6.45, 7) is -0.327. The molecule has 1 N–H and O–H groups in total. The average molecular weight is 236 g/mol. The number of hydrogen-bond donors (Lipinski definition) is 1. The maximum Gasteiger partial charge on any atom is 0.246 e. The Morgan fingerprint density at radius 2 is 1.88 bits per heavy atom. The van der Waals surface area contributed by atoms with Gasteiger partial charge in [0.05, 0.1) is 12.6 Å². The van der Waals surface area contributed by atoms with Crippen molar-refractivity contribution in [1.82, 2.24) is 5.32 Å². The summed E-state index contributed by atoms with van der Waals surface area (Å²) < 4.78 is 4.59. The highest BCUT2D eigenvalue weighted by Crippen LogP contribution is 1.97. The lowest BCUT2D eigenvalue weighted by Gasteiger charge is -2.06. The van der Waals surface area contributed by atoms with E-state index >= 15 is 0 Å². The van der Waals surface area contributed by atoms with Gasteiger partial charge in [0.1, 0.15) is 6.61 Å². The van der Waals surface area contributed by atoms with Crippen LogP contribution in [0.4, 0.5) is 0 Å². The van der Waals surface area contributed by atoms with Gasteiger partial charge in [0.2, 0.25) is 5.91 Å². The lowest BCUT2D eigenvalue weighted by Crippen LogP contribution is -2.33. The van der Waals surface area contributed by atoms with Crippen molar-refractivity contribution in [1.29, 1.82) is 0 Å². The molecule has 0 fully saturated rings. The molecule has 0 radical (unpaired) electrons. The summed E-state index contributed by atoms with van der Waals surface area (Å²) in [5.74, 6) is -1.66. The van der Waals surface area contributed by atoms with Crippen molar-refractivity contribution in [2.75, 3.05) is 19.8 Å². The summed E-state index contributed by atoms with van der Waals surface area (Å²) in [4.78, 5) is 21.2. The molecule has 5 nitrogen and oxygen atoms in total. The zero-order valence-corrected chi connectivity index (χ0v) is 9.35. The van der Waals surface area contributed by atoms with E-state index in [9.17, 15) is 14.7 Å². The molecule has 0 aromatic heterocycles. The fourth-order valence-electron chi connectivity index (χ4n) is 1.27. The maximum absolute atomic E-state index is 11.2. The minimum Gasteiger partial charge on any atom is -0.548 e. The molecule has 0 spiro atoms. The van der Waals surface area contributed by atoms with Crippen molar-refractivity contribution in [2.45, 2.75) is 6.42 Å². The van der Waals surface area contributed by atoms with Gasteiger partial charge in [-0.25, -0.2) is 0 Å². The van der Waals surface area contributed by atoms with Crippen LogP contribution in [-0.2, 0) is 20.7 Å². The lowest BCUT2D eigenvalue weighted by molar-refractivity contribution is -0.309. The topological polar surface area (TPSA) is 78.5 Å². The van der Waals surface area contributed by atoms with Gasteiger partial charge in [0, 0.05) is 6.54 Å². The second-order valence-electron chi connectivity index (χ2n) is 3.45. The Morgan fingerprint density at radius 3 is 2.53 bits per heavy atom. The van der Waals surface area contributed by atoms with Crippen LogP contribution >= 0.6 is 0 Å². The minimum atomic E-state index is -1.33. The van der Waals surface area contributed by atoms with Gasteiger partial charge in [-0.3, -0.25) is 4.79 Å². The van der Waals surface area contributed by atoms with Crippen molar-refractivity contribution in [2.24, 2.45) is 0 Å². The van der Waals surface area contributed by atoms with Gasteiger partial charge >= 0.3 is 0 Å². The van der Waals surface area contributed by atoms with Crippen LogP contribution in [0.2, 0.25) is 0 Å². The molecule has 5 heteroatoms. The second-order valence-corrected chi connectivity index (χ2v) is 3.45. The van der Waals surface area contributed by atoms with E-state index in [0.29, 0.717) is 6.54 Å². The number of hydrogen-bond acceptors (Lipinski definition) is 4. The van der Waals surface area contributed by atoms with Crippen LogP contribution < -0.4 is 10.4 Å². The third-order valence-corrected chi connectivity index (χ3v) is 2.03. The van der Waals surface area contributed by atoms with Crippen molar-refractivity contribution < 1.29 is 19.4 Å².